The minimum Gasteiger partial charge on any atom is -0.198 e. The van der Waals surface area contributed by atoms with Crippen LogP contribution < -0.4 is 0 Å². The number of hydrogen-bond donors (Lipinski definition) is 1. The van der Waals surface area contributed by atoms with E-state index in [4.69, 9.17) is 0 Å². The molecule has 0 spiro atoms. The van der Waals surface area contributed by atoms with Crippen molar-refractivity contribution >= 4 is 0 Å². The molecular formula is C11H19N3. The number of aromatic amines is 1. The van der Waals surface area contributed by atoms with Crippen LogP contribution in [0.25, 0.3) is 0 Å². The highest BCUT2D eigenvalue weighted by Crippen LogP contribution is 2.37. The molecule has 3 nitrogen and oxygen atoms in total. The third-order valence-electron chi connectivity index (χ3n) is 3.57. The molecular weight excluding hydrogens is 174 g/mol. The average molecular weight is 193 g/mol. The summed E-state index contributed by atoms with van der Waals surface area (Å²) in [5, 5.41) is 10.8. The molecule has 0 bridgehead atoms. The molecule has 78 valence electrons. The molecule has 1 aromatic rings. The Morgan fingerprint density at radius 3 is 2.50 bits per heavy atom. The second kappa shape index (κ2) is 4.11. The molecule has 1 N–H and O–H groups in total. The Balaban J connectivity index is 1.90. The van der Waals surface area contributed by atoms with Gasteiger partial charge in [-0.15, -0.1) is 0 Å². The zero-order valence-corrected chi connectivity index (χ0v) is 9.03. The van der Waals surface area contributed by atoms with E-state index < -0.39 is 0 Å². The number of rotatable bonds is 2. The summed E-state index contributed by atoms with van der Waals surface area (Å²) in [5.41, 5.74) is 1.16. The second-order valence-electron chi connectivity index (χ2n) is 4.75. The molecule has 3 heteroatoms. The number of aromatic nitrogens is 3. The maximum absolute atomic E-state index is 4.17. The van der Waals surface area contributed by atoms with Gasteiger partial charge >= 0.3 is 0 Å². The van der Waals surface area contributed by atoms with E-state index in [1.807, 2.05) is 6.20 Å². The van der Waals surface area contributed by atoms with Crippen molar-refractivity contribution in [3.8, 4) is 0 Å². The van der Waals surface area contributed by atoms with Crippen molar-refractivity contribution in [1.82, 2.24) is 15.4 Å². The fourth-order valence-corrected chi connectivity index (χ4v) is 2.49. The molecule has 1 saturated carbocycles. The Hall–Kier alpha value is -0.860. The molecule has 1 aromatic heterocycles. The van der Waals surface area contributed by atoms with Crippen molar-refractivity contribution in [2.75, 3.05) is 0 Å². The molecule has 1 heterocycles. The predicted octanol–water partition coefficient (Wildman–Crippen LogP) is 2.73. The fourth-order valence-electron chi connectivity index (χ4n) is 2.49. The van der Waals surface area contributed by atoms with E-state index in [0.717, 1.165) is 17.5 Å². The van der Waals surface area contributed by atoms with Crippen LogP contribution in [0.3, 0.4) is 0 Å². The number of H-pyrrole nitrogens is 1. The van der Waals surface area contributed by atoms with Gasteiger partial charge in [0.15, 0.2) is 0 Å². The third kappa shape index (κ3) is 1.97. The lowest BCUT2D eigenvalue weighted by Gasteiger charge is -2.29. The quantitative estimate of drug-likeness (QED) is 0.784. The Labute approximate surface area is 85.3 Å². The second-order valence-corrected chi connectivity index (χ2v) is 4.75. The smallest absolute Gasteiger partial charge is 0.0855 e. The molecule has 1 aliphatic carbocycles. The summed E-state index contributed by atoms with van der Waals surface area (Å²) < 4.78 is 0. The van der Waals surface area contributed by atoms with Crippen molar-refractivity contribution in [3.63, 3.8) is 0 Å². The van der Waals surface area contributed by atoms with E-state index in [-0.39, 0.29) is 0 Å². The van der Waals surface area contributed by atoms with Crippen LogP contribution in [-0.4, -0.2) is 15.4 Å². The van der Waals surface area contributed by atoms with E-state index >= 15 is 0 Å². The molecule has 0 saturated heterocycles. The molecule has 0 radical (unpaired) electrons. The molecule has 0 atom stereocenters. The van der Waals surface area contributed by atoms with Crippen LogP contribution in [0.15, 0.2) is 6.20 Å². The van der Waals surface area contributed by atoms with Crippen molar-refractivity contribution in [1.29, 1.82) is 0 Å². The van der Waals surface area contributed by atoms with Gasteiger partial charge in [0.25, 0.3) is 0 Å². The summed E-state index contributed by atoms with van der Waals surface area (Å²) in [7, 11) is 0. The van der Waals surface area contributed by atoms with Gasteiger partial charge in [0, 0.05) is 5.92 Å². The van der Waals surface area contributed by atoms with Gasteiger partial charge in [0.05, 0.1) is 11.9 Å². The molecule has 1 aliphatic rings. The summed E-state index contributed by atoms with van der Waals surface area (Å²) in [4.78, 5) is 0. The maximum Gasteiger partial charge on any atom is 0.0855 e. The van der Waals surface area contributed by atoms with Gasteiger partial charge in [0.2, 0.25) is 0 Å². The minimum absolute atomic E-state index is 0.656. The zero-order chi connectivity index (χ0) is 9.97. The van der Waals surface area contributed by atoms with Gasteiger partial charge in [-0.1, -0.05) is 13.8 Å². The molecule has 0 aromatic carbocycles. The molecule has 0 unspecified atom stereocenters. The Kier molecular flexibility index (Phi) is 2.85. The summed E-state index contributed by atoms with van der Waals surface area (Å²) in [6, 6.07) is 0. The van der Waals surface area contributed by atoms with Crippen LogP contribution in [0.1, 0.15) is 51.1 Å². The van der Waals surface area contributed by atoms with Crippen molar-refractivity contribution in [2.24, 2.45) is 11.8 Å². The lowest BCUT2D eigenvalue weighted by molar-refractivity contribution is 0.257. The molecule has 14 heavy (non-hydrogen) atoms. The molecule has 2 rings (SSSR count). The highest BCUT2D eigenvalue weighted by molar-refractivity contribution is 5.02. The van der Waals surface area contributed by atoms with Crippen molar-refractivity contribution in [2.45, 2.75) is 45.4 Å². The molecule has 0 amide bonds. The van der Waals surface area contributed by atoms with Gasteiger partial charge < -0.3 is 0 Å². The minimum atomic E-state index is 0.656. The molecule has 1 fully saturated rings. The monoisotopic (exact) mass is 193 g/mol. The first-order valence-electron chi connectivity index (χ1n) is 5.63. The zero-order valence-electron chi connectivity index (χ0n) is 9.03. The van der Waals surface area contributed by atoms with Gasteiger partial charge in [0.1, 0.15) is 0 Å². The highest BCUT2D eigenvalue weighted by Gasteiger charge is 2.25. The first kappa shape index (κ1) is 9.69. The van der Waals surface area contributed by atoms with E-state index in [1.54, 1.807) is 0 Å². The first-order valence-corrected chi connectivity index (χ1v) is 5.63. The van der Waals surface area contributed by atoms with Gasteiger partial charge in [-0.05, 0) is 37.5 Å². The number of nitrogens with one attached hydrogen (secondary N) is 1. The largest absolute Gasteiger partial charge is 0.198 e. The van der Waals surface area contributed by atoms with Crippen molar-refractivity contribution < 1.29 is 0 Å². The SMILES string of the molecule is CC(C)C1CCC(c2cn[nH]n2)CC1. The van der Waals surface area contributed by atoms with Crippen LogP contribution in [0.2, 0.25) is 0 Å². The van der Waals surface area contributed by atoms with E-state index in [0.29, 0.717) is 5.92 Å². The first-order chi connectivity index (χ1) is 6.77. The molecule has 0 aliphatic heterocycles. The summed E-state index contributed by atoms with van der Waals surface area (Å²) in [5.74, 6) is 2.43. The van der Waals surface area contributed by atoms with Gasteiger partial charge in [-0.3, -0.25) is 0 Å². The summed E-state index contributed by atoms with van der Waals surface area (Å²) in [6.45, 7) is 4.67. The Bertz CT molecular complexity index is 258. The highest BCUT2D eigenvalue weighted by atomic mass is 15.3. The van der Waals surface area contributed by atoms with Crippen LogP contribution in [0, 0.1) is 11.8 Å². The van der Waals surface area contributed by atoms with Crippen molar-refractivity contribution in [3.05, 3.63) is 11.9 Å². The lowest BCUT2D eigenvalue weighted by Crippen LogP contribution is -2.17. The number of nitrogens with zero attached hydrogens (tertiary/aromatic N) is 2. The average Bonchev–Trinajstić information content (AvgIpc) is 2.71. The Morgan fingerprint density at radius 2 is 2.00 bits per heavy atom. The standard InChI is InChI=1S/C11H19N3/c1-8(2)9-3-5-10(6-4-9)11-7-12-14-13-11/h7-10H,3-6H2,1-2H3,(H,12,13,14). The predicted molar refractivity (Wildman–Crippen MR) is 55.9 cm³/mol. The lowest BCUT2D eigenvalue weighted by atomic mass is 9.76. The normalized spacial score (nSPS) is 28.2. The summed E-state index contributed by atoms with van der Waals surface area (Å²) in [6.07, 6.45) is 7.16. The van der Waals surface area contributed by atoms with Crippen LogP contribution in [0.5, 0.6) is 0 Å². The number of hydrogen-bond acceptors (Lipinski definition) is 2. The third-order valence-corrected chi connectivity index (χ3v) is 3.57. The fraction of sp³-hybridized carbons (Fsp3) is 0.818. The van der Waals surface area contributed by atoms with Gasteiger partial charge in [-0.2, -0.15) is 15.4 Å². The van der Waals surface area contributed by atoms with Crippen LogP contribution in [0.4, 0.5) is 0 Å². The topological polar surface area (TPSA) is 41.6 Å². The van der Waals surface area contributed by atoms with E-state index in [1.165, 1.54) is 25.7 Å². The van der Waals surface area contributed by atoms with Crippen LogP contribution in [-0.2, 0) is 0 Å². The van der Waals surface area contributed by atoms with Crippen LogP contribution >= 0.6 is 0 Å². The van der Waals surface area contributed by atoms with E-state index in [9.17, 15) is 0 Å². The maximum atomic E-state index is 4.17. The van der Waals surface area contributed by atoms with Gasteiger partial charge in [-0.25, -0.2) is 0 Å². The Morgan fingerprint density at radius 1 is 1.29 bits per heavy atom. The van der Waals surface area contributed by atoms with E-state index in [2.05, 4.69) is 29.3 Å². The summed E-state index contributed by atoms with van der Waals surface area (Å²) >= 11 is 0.